The summed E-state index contributed by atoms with van der Waals surface area (Å²) in [5, 5.41) is 3.15. The Kier molecular flexibility index (Phi) is 3.90. The molecular formula is C21H24FN5. The molecule has 5 rings (SSSR count). The van der Waals surface area contributed by atoms with Gasteiger partial charge in [-0.15, -0.1) is 0 Å². The van der Waals surface area contributed by atoms with E-state index >= 15 is 0 Å². The number of anilines is 1. The third-order valence-corrected chi connectivity index (χ3v) is 5.86. The summed E-state index contributed by atoms with van der Waals surface area (Å²) in [6.07, 6.45) is 5.09. The third-order valence-electron chi connectivity index (χ3n) is 5.86. The quantitative estimate of drug-likeness (QED) is 0.762. The van der Waals surface area contributed by atoms with Gasteiger partial charge in [0, 0.05) is 31.3 Å². The first-order valence-corrected chi connectivity index (χ1v) is 9.69. The first-order valence-electron chi connectivity index (χ1n) is 9.69. The van der Waals surface area contributed by atoms with Crippen LogP contribution in [0.4, 0.5) is 10.3 Å². The topological polar surface area (TPSA) is 45.5 Å². The molecule has 1 aromatic carbocycles. The number of hydrogen-bond donors (Lipinski definition) is 1. The molecular weight excluding hydrogens is 341 g/mol. The molecule has 2 aliphatic rings. The maximum absolute atomic E-state index is 14.7. The maximum atomic E-state index is 14.7. The van der Waals surface area contributed by atoms with E-state index in [9.17, 15) is 4.39 Å². The summed E-state index contributed by atoms with van der Waals surface area (Å²) in [5.41, 5.74) is 3.77. The average molecular weight is 365 g/mol. The van der Waals surface area contributed by atoms with Crippen molar-refractivity contribution in [1.29, 1.82) is 0 Å². The zero-order chi connectivity index (χ0) is 18.5. The van der Waals surface area contributed by atoms with Crippen molar-refractivity contribution in [2.45, 2.75) is 31.1 Å². The predicted molar refractivity (Wildman–Crippen MR) is 105 cm³/mol. The minimum Gasteiger partial charge on any atom is -0.358 e. The number of nitrogens with one attached hydrogen (secondary N) is 1. The third kappa shape index (κ3) is 2.79. The van der Waals surface area contributed by atoms with Crippen molar-refractivity contribution in [3.8, 4) is 11.4 Å². The van der Waals surface area contributed by atoms with E-state index in [0.29, 0.717) is 11.8 Å². The maximum Gasteiger partial charge on any atom is 0.208 e. The Bertz CT molecular complexity index is 1010. The second-order valence-electron chi connectivity index (χ2n) is 7.82. The van der Waals surface area contributed by atoms with Gasteiger partial charge in [0.15, 0.2) is 0 Å². The summed E-state index contributed by atoms with van der Waals surface area (Å²) < 4.78 is 16.7. The van der Waals surface area contributed by atoms with Crippen LogP contribution in [0.5, 0.6) is 0 Å². The Hall–Kier alpha value is -2.47. The summed E-state index contributed by atoms with van der Waals surface area (Å²) in [6, 6.07) is 7.59. The molecule has 1 saturated carbocycles. The normalized spacial score (nSPS) is 20.5. The Labute approximate surface area is 158 Å². The number of rotatable bonds is 4. The molecule has 5 nitrogen and oxygen atoms in total. The number of likely N-dealkylation sites (N-methyl/N-ethyl adjacent to an activating group) is 1. The summed E-state index contributed by atoms with van der Waals surface area (Å²) in [7, 11) is 4.00. The van der Waals surface area contributed by atoms with Gasteiger partial charge in [-0.25, -0.2) is 14.4 Å². The number of hydrogen-bond acceptors (Lipinski definition) is 4. The number of imidazole rings is 1. The molecule has 0 spiro atoms. The van der Waals surface area contributed by atoms with Gasteiger partial charge in [0.1, 0.15) is 11.6 Å². The van der Waals surface area contributed by atoms with Crippen molar-refractivity contribution in [3.05, 3.63) is 47.5 Å². The Balaban J connectivity index is 1.68. The molecule has 0 amide bonds. The fourth-order valence-electron chi connectivity index (χ4n) is 4.28. The number of benzene rings is 1. The van der Waals surface area contributed by atoms with Gasteiger partial charge in [-0.3, -0.25) is 4.40 Å². The van der Waals surface area contributed by atoms with Crippen LogP contribution < -0.4 is 5.32 Å². The molecule has 1 saturated heterocycles. The summed E-state index contributed by atoms with van der Waals surface area (Å²) in [6.45, 7) is 2.08. The average Bonchev–Trinajstić information content (AvgIpc) is 3.30. The fourth-order valence-corrected chi connectivity index (χ4v) is 4.28. The van der Waals surface area contributed by atoms with Crippen LogP contribution in [-0.4, -0.2) is 46.5 Å². The number of halogens is 1. The first-order chi connectivity index (χ1) is 13.2. The van der Waals surface area contributed by atoms with Crippen LogP contribution in [0.2, 0.25) is 0 Å². The van der Waals surface area contributed by atoms with E-state index in [4.69, 9.17) is 4.98 Å². The van der Waals surface area contributed by atoms with Crippen molar-refractivity contribution in [2.24, 2.45) is 0 Å². The molecule has 3 aromatic rings. The van der Waals surface area contributed by atoms with Gasteiger partial charge >= 0.3 is 0 Å². The van der Waals surface area contributed by atoms with Crippen molar-refractivity contribution >= 4 is 11.5 Å². The van der Waals surface area contributed by atoms with Crippen LogP contribution in [0.1, 0.15) is 42.4 Å². The monoisotopic (exact) mass is 365 g/mol. The Morgan fingerprint density at radius 2 is 2.00 bits per heavy atom. The molecule has 140 valence electrons. The second kappa shape index (κ2) is 6.30. The van der Waals surface area contributed by atoms with Gasteiger partial charge < -0.3 is 10.2 Å². The summed E-state index contributed by atoms with van der Waals surface area (Å²) >= 11 is 0. The van der Waals surface area contributed by atoms with Crippen LogP contribution >= 0.6 is 0 Å². The van der Waals surface area contributed by atoms with E-state index in [-0.39, 0.29) is 5.82 Å². The van der Waals surface area contributed by atoms with Crippen LogP contribution in [0, 0.1) is 5.82 Å². The van der Waals surface area contributed by atoms with Crippen LogP contribution in [0.15, 0.2) is 30.5 Å². The molecule has 1 unspecified atom stereocenters. The van der Waals surface area contributed by atoms with Crippen LogP contribution in [0.3, 0.4) is 0 Å². The summed E-state index contributed by atoms with van der Waals surface area (Å²) in [5.74, 6) is 2.15. The number of aromatic nitrogens is 3. The van der Waals surface area contributed by atoms with Crippen molar-refractivity contribution in [1.82, 2.24) is 19.3 Å². The molecule has 1 atom stereocenters. The number of likely N-dealkylation sites (tertiary alicyclic amines) is 1. The smallest absolute Gasteiger partial charge is 0.208 e. The minimum atomic E-state index is -0.121. The first kappa shape index (κ1) is 16.7. The van der Waals surface area contributed by atoms with E-state index in [1.165, 1.54) is 0 Å². The van der Waals surface area contributed by atoms with Crippen LogP contribution in [0.25, 0.3) is 16.9 Å². The highest BCUT2D eigenvalue weighted by Gasteiger charge is 2.29. The predicted octanol–water partition coefficient (Wildman–Crippen LogP) is 3.87. The minimum absolute atomic E-state index is 0.121. The lowest BCUT2D eigenvalue weighted by Crippen LogP contribution is -2.13. The highest BCUT2D eigenvalue weighted by Crippen LogP contribution is 2.42. The van der Waals surface area contributed by atoms with E-state index in [0.717, 1.165) is 66.5 Å². The zero-order valence-electron chi connectivity index (χ0n) is 15.7. The van der Waals surface area contributed by atoms with E-state index in [2.05, 4.69) is 22.2 Å². The largest absolute Gasteiger partial charge is 0.358 e. The molecule has 2 fully saturated rings. The summed E-state index contributed by atoms with van der Waals surface area (Å²) in [4.78, 5) is 11.8. The molecule has 0 bridgehead atoms. The van der Waals surface area contributed by atoms with E-state index in [1.54, 1.807) is 6.07 Å². The molecule has 1 aliphatic heterocycles. The van der Waals surface area contributed by atoms with Gasteiger partial charge in [0.05, 0.1) is 11.2 Å². The van der Waals surface area contributed by atoms with Gasteiger partial charge in [-0.1, -0.05) is 12.1 Å². The lowest BCUT2D eigenvalue weighted by atomic mass is 10.0. The molecule has 27 heavy (non-hydrogen) atoms. The lowest BCUT2D eigenvalue weighted by Gasteiger charge is -2.09. The molecule has 1 N–H and O–H groups in total. The SMILES string of the molecule is CNc1nccc2c(C3CCN(C)C3)nc(-c3ccc(C4CC4)c(F)c3)n12. The molecule has 1 aliphatic carbocycles. The number of nitrogens with zero attached hydrogens (tertiary/aromatic N) is 4. The van der Waals surface area contributed by atoms with Gasteiger partial charge in [-0.05, 0) is 56.5 Å². The van der Waals surface area contributed by atoms with E-state index < -0.39 is 0 Å². The molecule has 0 radical (unpaired) electrons. The number of fused-ring (bicyclic) bond motifs is 1. The second-order valence-corrected chi connectivity index (χ2v) is 7.82. The molecule has 2 aromatic heterocycles. The van der Waals surface area contributed by atoms with Crippen LogP contribution in [-0.2, 0) is 0 Å². The Morgan fingerprint density at radius 3 is 2.67 bits per heavy atom. The zero-order valence-corrected chi connectivity index (χ0v) is 15.7. The highest BCUT2D eigenvalue weighted by molar-refractivity contribution is 5.69. The van der Waals surface area contributed by atoms with Crippen molar-refractivity contribution in [3.63, 3.8) is 0 Å². The van der Waals surface area contributed by atoms with E-state index in [1.807, 2.05) is 35.8 Å². The standard InChI is InChI=1S/C21H24FN5/c1-23-21-24-9-7-18-19(15-8-10-26(2)12-15)25-20(27(18)21)14-5-6-16(13-3-4-13)17(22)11-14/h5-7,9,11,13,15H,3-4,8,10,12H2,1-2H3,(H,23,24). The van der Waals surface area contributed by atoms with Gasteiger partial charge in [0.25, 0.3) is 0 Å². The van der Waals surface area contributed by atoms with Crippen molar-refractivity contribution < 1.29 is 4.39 Å². The highest BCUT2D eigenvalue weighted by atomic mass is 19.1. The molecule has 3 heterocycles. The van der Waals surface area contributed by atoms with Crippen molar-refractivity contribution in [2.75, 3.05) is 32.5 Å². The Morgan fingerprint density at radius 1 is 1.15 bits per heavy atom. The lowest BCUT2D eigenvalue weighted by molar-refractivity contribution is 0.411. The fraction of sp³-hybridized carbons (Fsp3) is 0.429. The molecule has 6 heteroatoms. The van der Waals surface area contributed by atoms with Gasteiger partial charge in [-0.2, -0.15) is 0 Å². The van der Waals surface area contributed by atoms with Gasteiger partial charge in [0.2, 0.25) is 5.95 Å².